The van der Waals surface area contributed by atoms with Crippen molar-refractivity contribution in [2.75, 3.05) is 11.7 Å². The molecule has 2 aromatic carbocycles. The molecule has 6 nitrogen and oxygen atoms in total. The first-order valence-corrected chi connectivity index (χ1v) is 8.00. The first-order valence-electron chi connectivity index (χ1n) is 7.25. The molecule has 0 spiro atoms. The number of rotatable bonds is 2. The van der Waals surface area contributed by atoms with Crippen LogP contribution in [0.4, 0.5) is 10.5 Å². The first-order chi connectivity index (χ1) is 12.0. The summed E-state index contributed by atoms with van der Waals surface area (Å²) in [4.78, 5) is 25.8. The number of ether oxygens (including phenoxy) is 2. The Balaban J connectivity index is 1.68. The van der Waals surface area contributed by atoms with Gasteiger partial charge in [-0.15, -0.1) is 0 Å². The second-order valence-corrected chi connectivity index (χ2v) is 6.18. The van der Waals surface area contributed by atoms with E-state index in [1.54, 1.807) is 36.4 Å². The lowest BCUT2D eigenvalue weighted by Gasteiger charge is -2.11. The minimum Gasteiger partial charge on any atom is -0.454 e. The van der Waals surface area contributed by atoms with Gasteiger partial charge in [0.05, 0.1) is 10.7 Å². The van der Waals surface area contributed by atoms with Crippen LogP contribution >= 0.6 is 23.2 Å². The van der Waals surface area contributed by atoms with Crippen LogP contribution in [0.1, 0.15) is 5.56 Å². The molecule has 2 aliphatic heterocycles. The number of imide groups is 1. The molecule has 1 saturated heterocycles. The Hall–Kier alpha value is -2.70. The van der Waals surface area contributed by atoms with E-state index in [9.17, 15) is 9.59 Å². The van der Waals surface area contributed by atoms with E-state index in [4.69, 9.17) is 32.7 Å². The van der Waals surface area contributed by atoms with Gasteiger partial charge in [-0.2, -0.15) is 0 Å². The average molecular weight is 377 g/mol. The topological polar surface area (TPSA) is 67.9 Å². The van der Waals surface area contributed by atoms with E-state index in [0.29, 0.717) is 32.8 Å². The fourth-order valence-electron chi connectivity index (χ4n) is 2.56. The van der Waals surface area contributed by atoms with Gasteiger partial charge in [-0.3, -0.25) is 4.79 Å². The van der Waals surface area contributed by atoms with Crippen LogP contribution in [-0.2, 0) is 4.79 Å². The summed E-state index contributed by atoms with van der Waals surface area (Å²) in [7, 11) is 0. The van der Waals surface area contributed by atoms with E-state index < -0.39 is 11.9 Å². The second kappa shape index (κ2) is 5.98. The molecule has 126 valence electrons. The molecule has 0 saturated carbocycles. The standard InChI is InChI=1S/C17H10Cl2N2O4/c18-10-1-3-11(4-2-10)21-16(22)13(20-17(21)23)5-9-6-14-15(7-12(9)19)25-8-24-14/h1-7H,8H2,(H,20,23)/b13-5-. The van der Waals surface area contributed by atoms with Gasteiger partial charge in [0.15, 0.2) is 11.5 Å². The molecule has 4 rings (SSSR count). The third kappa shape index (κ3) is 2.79. The fraction of sp³-hybridized carbons (Fsp3) is 0.0588. The van der Waals surface area contributed by atoms with Crippen molar-refractivity contribution < 1.29 is 19.1 Å². The lowest BCUT2D eigenvalue weighted by molar-refractivity contribution is -0.113. The number of amides is 3. The molecule has 0 atom stereocenters. The Morgan fingerprint density at radius 2 is 1.72 bits per heavy atom. The highest BCUT2D eigenvalue weighted by molar-refractivity contribution is 6.33. The molecule has 0 unspecified atom stereocenters. The van der Waals surface area contributed by atoms with Crippen LogP contribution in [0.5, 0.6) is 11.5 Å². The van der Waals surface area contributed by atoms with Crippen molar-refractivity contribution >= 4 is 46.9 Å². The van der Waals surface area contributed by atoms with Crippen LogP contribution in [0.15, 0.2) is 42.1 Å². The number of carbonyl (C=O) groups is 2. The largest absolute Gasteiger partial charge is 0.454 e. The van der Waals surface area contributed by atoms with Crippen molar-refractivity contribution in [1.82, 2.24) is 5.32 Å². The van der Waals surface area contributed by atoms with Gasteiger partial charge >= 0.3 is 6.03 Å². The number of anilines is 1. The maximum Gasteiger partial charge on any atom is 0.333 e. The number of nitrogens with zero attached hydrogens (tertiary/aromatic N) is 1. The molecule has 0 radical (unpaired) electrons. The summed E-state index contributed by atoms with van der Waals surface area (Å²) in [6.07, 6.45) is 1.50. The van der Waals surface area contributed by atoms with Crippen molar-refractivity contribution in [3.63, 3.8) is 0 Å². The van der Waals surface area contributed by atoms with Crippen LogP contribution in [0.3, 0.4) is 0 Å². The summed E-state index contributed by atoms with van der Waals surface area (Å²) in [5, 5.41) is 3.44. The van der Waals surface area contributed by atoms with Gasteiger partial charge in [0.2, 0.25) is 6.79 Å². The smallest absolute Gasteiger partial charge is 0.333 e. The summed E-state index contributed by atoms with van der Waals surface area (Å²) in [6.45, 7) is 0.117. The van der Waals surface area contributed by atoms with E-state index >= 15 is 0 Å². The number of hydrogen-bond donors (Lipinski definition) is 1. The number of urea groups is 1. The predicted octanol–water partition coefficient (Wildman–Crippen LogP) is 3.82. The van der Waals surface area contributed by atoms with Gasteiger partial charge < -0.3 is 14.8 Å². The van der Waals surface area contributed by atoms with E-state index in [2.05, 4.69) is 5.32 Å². The number of nitrogens with one attached hydrogen (secondary N) is 1. The van der Waals surface area contributed by atoms with E-state index in [1.807, 2.05) is 0 Å². The van der Waals surface area contributed by atoms with Crippen LogP contribution in [0, 0.1) is 0 Å². The van der Waals surface area contributed by atoms with Gasteiger partial charge in [-0.25, -0.2) is 9.69 Å². The van der Waals surface area contributed by atoms with Crippen molar-refractivity contribution in [2.24, 2.45) is 0 Å². The van der Waals surface area contributed by atoms with Crippen molar-refractivity contribution in [1.29, 1.82) is 0 Å². The third-order valence-corrected chi connectivity index (χ3v) is 4.33. The highest BCUT2D eigenvalue weighted by Gasteiger charge is 2.35. The Morgan fingerprint density at radius 1 is 1.04 bits per heavy atom. The normalized spacial score (nSPS) is 17.4. The van der Waals surface area contributed by atoms with Crippen LogP contribution < -0.4 is 19.7 Å². The van der Waals surface area contributed by atoms with Gasteiger partial charge in [0, 0.05) is 11.1 Å². The summed E-state index contributed by atoms with van der Waals surface area (Å²) in [5.74, 6) is 0.584. The molecule has 2 heterocycles. The van der Waals surface area contributed by atoms with Gasteiger partial charge in [0.25, 0.3) is 5.91 Å². The molecule has 8 heteroatoms. The minimum atomic E-state index is -0.546. The van der Waals surface area contributed by atoms with Crippen LogP contribution in [0.2, 0.25) is 10.0 Å². The average Bonchev–Trinajstić information content (AvgIpc) is 3.13. The monoisotopic (exact) mass is 376 g/mol. The number of hydrogen-bond acceptors (Lipinski definition) is 4. The lowest BCUT2D eigenvalue weighted by atomic mass is 10.1. The zero-order valence-electron chi connectivity index (χ0n) is 12.6. The summed E-state index contributed by atoms with van der Waals surface area (Å²) in [6, 6.07) is 9.11. The quantitative estimate of drug-likeness (QED) is 0.638. The van der Waals surface area contributed by atoms with Crippen molar-refractivity contribution in [2.45, 2.75) is 0 Å². The molecule has 2 aromatic rings. The number of benzene rings is 2. The molecule has 0 aliphatic carbocycles. The van der Waals surface area contributed by atoms with Crippen molar-refractivity contribution in [3.05, 3.63) is 57.7 Å². The first kappa shape index (κ1) is 15.8. The predicted molar refractivity (Wildman–Crippen MR) is 93.0 cm³/mol. The van der Waals surface area contributed by atoms with Crippen molar-refractivity contribution in [3.8, 4) is 11.5 Å². The third-order valence-electron chi connectivity index (χ3n) is 3.75. The Bertz CT molecular complexity index is 925. The molecule has 0 aromatic heterocycles. The van der Waals surface area contributed by atoms with Gasteiger partial charge in [-0.1, -0.05) is 23.2 Å². The molecular formula is C17H10Cl2N2O4. The summed E-state index contributed by atoms with van der Waals surface area (Å²) in [5.41, 5.74) is 1.07. The van der Waals surface area contributed by atoms with Gasteiger partial charge in [-0.05, 0) is 42.0 Å². The zero-order chi connectivity index (χ0) is 17.6. The summed E-state index contributed by atoms with van der Waals surface area (Å²) >= 11 is 12.0. The van der Waals surface area contributed by atoms with Gasteiger partial charge in [0.1, 0.15) is 5.70 Å². The number of carbonyl (C=O) groups excluding carboxylic acids is 2. The Kier molecular flexibility index (Phi) is 3.78. The Morgan fingerprint density at radius 3 is 2.44 bits per heavy atom. The Labute approximate surface area is 152 Å². The van der Waals surface area contributed by atoms with Crippen LogP contribution in [0.25, 0.3) is 6.08 Å². The van der Waals surface area contributed by atoms with E-state index in [0.717, 1.165) is 4.90 Å². The SMILES string of the molecule is O=C1N/C(=C\c2cc3c(cc2Cl)OCO3)C(=O)N1c1ccc(Cl)cc1. The molecule has 25 heavy (non-hydrogen) atoms. The lowest BCUT2D eigenvalue weighted by Crippen LogP contribution is -2.30. The molecular weight excluding hydrogens is 367 g/mol. The number of halogens is 2. The number of fused-ring (bicyclic) bond motifs is 1. The minimum absolute atomic E-state index is 0.112. The van der Waals surface area contributed by atoms with E-state index in [1.165, 1.54) is 6.08 Å². The second-order valence-electron chi connectivity index (χ2n) is 5.33. The molecule has 2 aliphatic rings. The highest BCUT2D eigenvalue weighted by atomic mass is 35.5. The summed E-state index contributed by atoms with van der Waals surface area (Å²) < 4.78 is 10.5. The molecule has 3 amide bonds. The highest BCUT2D eigenvalue weighted by Crippen LogP contribution is 2.37. The maximum atomic E-state index is 12.6. The maximum absolute atomic E-state index is 12.6. The molecule has 0 bridgehead atoms. The fourth-order valence-corrected chi connectivity index (χ4v) is 2.89. The van der Waals surface area contributed by atoms with E-state index in [-0.39, 0.29) is 12.5 Å². The molecule has 1 N–H and O–H groups in total. The molecule has 1 fully saturated rings. The van der Waals surface area contributed by atoms with Crippen LogP contribution in [-0.4, -0.2) is 18.7 Å². The zero-order valence-corrected chi connectivity index (χ0v) is 14.1.